The minimum absolute atomic E-state index is 0.395. The molecule has 0 aliphatic heterocycles. The summed E-state index contributed by atoms with van der Waals surface area (Å²) in [7, 11) is -1.96. The fraction of sp³-hybridized carbons (Fsp3) is 0.750. The van der Waals surface area contributed by atoms with E-state index in [9.17, 15) is 13.0 Å². The SMILES string of the molecule is CCC(C)S(=O)(=O)[O-].CCCCn1cc[n+](C)c1. The molecule has 1 atom stereocenters. The van der Waals surface area contributed by atoms with Gasteiger partial charge in [-0.2, -0.15) is 0 Å². The van der Waals surface area contributed by atoms with Crippen molar-refractivity contribution in [2.45, 2.75) is 51.8 Å². The number of rotatable bonds is 5. The molecule has 18 heavy (non-hydrogen) atoms. The molecule has 0 bridgehead atoms. The highest BCUT2D eigenvalue weighted by Gasteiger charge is 2.04. The molecule has 0 fully saturated rings. The molecule has 106 valence electrons. The Balaban J connectivity index is 0.000000331. The van der Waals surface area contributed by atoms with Crippen LogP contribution >= 0.6 is 0 Å². The van der Waals surface area contributed by atoms with Crippen LogP contribution in [0.5, 0.6) is 0 Å². The molecule has 0 aromatic carbocycles. The van der Waals surface area contributed by atoms with Crippen LogP contribution in [-0.2, 0) is 23.7 Å². The third-order valence-electron chi connectivity index (χ3n) is 2.66. The monoisotopic (exact) mass is 276 g/mol. The van der Waals surface area contributed by atoms with Gasteiger partial charge in [-0.15, -0.1) is 0 Å². The normalized spacial score (nSPS) is 12.7. The van der Waals surface area contributed by atoms with E-state index in [0.717, 1.165) is 6.54 Å². The van der Waals surface area contributed by atoms with Crippen LogP contribution in [0.25, 0.3) is 0 Å². The van der Waals surface area contributed by atoms with Gasteiger partial charge in [0, 0.05) is 5.25 Å². The maximum atomic E-state index is 10.0. The van der Waals surface area contributed by atoms with Crippen LogP contribution in [0, 0.1) is 0 Å². The molecule has 0 saturated heterocycles. The Labute approximate surface area is 110 Å². The van der Waals surface area contributed by atoms with Gasteiger partial charge in [0.05, 0.1) is 23.7 Å². The summed E-state index contributed by atoms with van der Waals surface area (Å²) in [5, 5.41) is -0.734. The summed E-state index contributed by atoms with van der Waals surface area (Å²) in [4.78, 5) is 0. The average Bonchev–Trinajstić information content (AvgIpc) is 2.71. The van der Waals surface area contributed by atoms with Gasteiger partial charge in [-0.1, -0.05) is 20.3 Å². The molecule has 0 spiro atoms. The van der Waals surface area contributed by atoms with E-state index in [4.69, 9.17) is 0 Å². The molecule has 1 unspecified atom stereocenters. The number of hydrogen-bond acceptors (Lipinski definition) is 3. The summed E-state index contributed by atoms with van der Waals surface area (Å²) < 4.78 is 34.3. The first-order valence-electron chi connectivity index (χ1n) is 6.27. The van der Waals surface area contributed by atoms with Crippen LogP contribution in [0.3, 0.4) is 0 Å². The number of hydrogen-bond donors (Lipinski definition) is 0. The van der Waals surface area contributed by atoms with Crippen LogP contribution in [-0.4, -0.2) is 22.8 Å². The predicted octanol–water partition coefficient (Wildman–Crippen LogP) is 1.44. The lowest BCUT2D eigenvalue weighted by Crippen LogP contribution is -2.23. The molecule has 0 aliphatic carbocycles. The Hall–Kier alpha value is -0.880. The van der Waals surface area contributed by atoms with Crippen molar-refractivity contribution >= 4 is 10.1 Å². The molecule has 1 rings (SSSR count). The minimum Gasteiger partial charge on any atom is -0.748 e. The van der Waals surface area contributed by atoms with Gasteiger partial charge in [-0.3, -0.25) is 0 Å². The lowest BCUT2D eigenvalue weighted by atomic mass is 10.3. The van der Waals surface area contributed by atoms with Gasteiger partial charge in [0.25, 0.3) is 0 Å². The molecule has 0 saturated carbocycles. The van der Waals surface area contributed by atoms with E-state index in [1.807, 2.05) is 7.05 Å². The summed E-state index contributed by atoms with van der Waals surface area (Å²) in [5.41, 5.74) is 0. The molecule has 0 aliphatic rings. The van der Waals surface area contributed by atoms with Crippen molar-refractivity contribution in [3.8, 4) is 0 Å². The minimum atomic E-state index is -4.00. The Kier molecular flexibility index (Phi) is 7.86. The van der Waals surface area contributed by atoms with Crippen molar-refractivity contribution in [2.75, 3.05) is 0 Å². The van der Waals surface area contributed by atoms with Gasteiger partial charge in [0.2, 0.25) is 6.33 Å². The van der Waals surface area contributed by atoms with Crippen molar-refractivity contribution in [1.29, 1.82) is 0 Å². The third-order valence-corrected chi connectivity index (χ3v) is 3.98. The first-order chi connectivity index (χ1) is 8.31. The number of imidazole rings is 1. The van der Waals surface area contributed by atoms with Crippen molar-refractivity contribution < 1.29 is 17.5 Å². The van der Waals surface area contributed by atoms with Crippen LogP contribution < -0.4 is 4.57 Å². The Morgan fingerprint density at radius 1 is 1.39 bits per heavy atom. The van der Waals surface area contributed by atoms with Crippen molar-refractivity contribution in [1.82, 2.24) is 4.57 Å². The summed E-state index contributed by atoms with van der Waals surface area (Å²) in [6, 6.07) is 0. The maximum absolute atomic E-state index is 10.0. The largest absolute Gasteiger partial charge is 0.748 e. The number of unbranched alkanes of at least 4 members (excludes halogenated alkanes) is 1. The fourth-order valence-electron chi connectivity index (χ4n) is 1.18. The zero-order chi connectivity index (χ0) is 14.2. The van der Waals surface area contributed by atoms with Gasteiger partial charge < -0.3 is 4.55 Å². The van der Waals surface area contributed by atoms with Gasteiger partial charge in [-0.05, 0) is 19.8 Å². The Morgan fingerprint density at radius 2 is 2.00 bits per heavy atom. The van der Waals surface area contributed by atoms with Gasteiger partial charge in [0.1, 0.15) is 12.4 Å². The third kappa shape index (κ3) is 7.45. The smallest absolute Gasteiger partial charge is 0.243 e. The average molecular weight is 276 g/mol. The van der Waals surface area contributed by atoms with Crippen molar-refractivity contribution in [3.05, 3.63) is 18.7 Å². The Morgan fingerprint density at radius 3 is 2.28 bits per heavy atom. The number of nitrogens with zero attached hydrogens (tertiary/aromatic N) is 2. The molecule has 5 nitrogen and oxygen atoms in total. The van der Waals surface area contributed by atoms with E-state index in [1.165, 1.54) is 19.8 Å². The van der Waals surface area contributed by atoms with Gasteiger partial charge >= 0.3 is 0 Å². The van der Waals surface area contributed by atoms with Crippen LogP contribution in [0.15, 0.2) is 18.7 Å². The quantitative estimate of drug-likeness (QED) is 0.604. The molecule has 6 heteroatoms. The van der Waals surface area contributed by atoms with Gasteiger partial charge in [0.15, 0.2) is 0 Å². The summed E-state index contributed by atoms with van der Waals surface area (Å²) >= 11 is 0. The van der Waals surface area contributed by atoms with Crippen molar-refractivity contribution in [3.63, 3.8) is 0 Å². The summed E-state index contributed by atoms with van der Waals surface area (Å²) in [5.74, 6) is 0. The van der Waals surface area contributed by atoms with Crippen LogP contribution in [0.1, 0.15) is 40.0 Å². The van der Waals surface area contributed by atoms with E-state index < -0.39 is 15.4 Å². The Bertz CT molecular complexity index is 426. The fourth-order valence-corrected chi connectivity index (χ4v) is 1.59. The first-order valence-corrected chi connectivity index (χ1v) is 7.74. The zero-order valence-electron chi connectivity index (χ0n) is 11.7. The maximum Gasteiger partial charge on any atom is 0.243 e. The predicted molar refractivity (Wildman–Crippen MR) is 70.0 cm³/mol. The molecule has 0 radical (unpaired) electrons. The van der Waals surface area contributed by atoms with Gasteiger partial charge in [-0.25, -0.2) is 17.6 Å². The molecule has 1 heterocycles. The molecular weight excluding hydrogens is 252 g/mol. The second-order valence-electron chi connectivity index (χ2n) is 4.38. The van der Waals surface area contributed by atoms with E-state index in [-0.39, 0.29) is 0 Å². The highest BCUT2D eigenvalue weighted by atomic mass is 32.2. The van der Waals surface area contributed by atoms with E-state index in [1.54, 1.807) is 6.92 Å². The summed E-state index contributed by atoms with van der Waals surface area (Å²) in [6.07, 6.45) is 9.21. The van der Waals surface area contributed by atoms with E-state index in [0.29, 0.717) is 6.42 Å². The lowest BCUT2D eigenvalue weighted by Gasteiger charge is -2.12. The number of aromatic nitrogens is 2. The molecular formula is C12H24N2O3S. The second kappa shape index (κ2) is 8.26. The van der Waals surface area contributed by atoms with Crippen LogP contribution in [0.4, 0.5) is 0 Å². The molecule has 1 aromatic heterocycles. The topological polar surface area (TPSA) is 66.0 Å². The van der Waals surface area contributed by atoms with E-state index in [2.05, 4.69) is 34.8 Å². The highest BCUT2D eigenvalue weighted by molar-refractivity contribution is 7.86. The standard InChI is InChI=1S/C8H15N2.C4H10O3S/c1-3-4-5-10-7-6-9(2)8-10;1-3-4(2)8(5,6)7/h6-8H,3-5H2,1-2H3;4H,3H2,1-2H3,(H,5,6,7)/q+1;/p-1. The lowest BCUT2D eigenvalue weighted by molar-refractivity contribution is -0.671. The van der Waals surface area contributed by atoms with Crippen LogP contribution in [0.2, 0.25) is 0 Å². The van der Waals surface area contributed by atoms with E-state index >= 15 is 0 Å². The second-order valence-corrected chi connectivity index (χ2v) is 6.17. The summed E-state index contributed by atoms with van der Waals surface area (Å²) in [6.45, 7) is 6.43. The molecule has 0 amide bonds. The van der Waals surface area contributed by atoms with Crippen molar-refractivity contribution in [2.24, 2.45) is 7.05 Å². The first kappa shape index (κ1) is 17.1. The number of aryl methyl sites for hydroxylation is 2. The molecule has 0 N–H and O–H groups in total. The molecule has 1 aromatic rings. The highest BCUT2D eigenvalue weighted by Crippen LogP contribution is 1.99. The zero-order valence-corrected chi connectivity index (χ0v) is 12.5.